The number of amides is 1. The van der Waals surface area contributed by atoms with Gasteiger partial charge in [0.05, 0.1) is 20.9 Å². The van der Waals surface area contributed by atoms with Gasteiger partial charge in [-0.05, 0) is 54.1 Å². The molecule has 0 unspecified atom stereocenters. The van der Waals surface area contributed by atoms with E-state index in [2.05, 4.69) is 10.3 Å². The van der Waals surface area contributed by atoms with Crippen LogP contribution in [0.2, 0.25) is 0 Å². The quantitative estimate of drug-likeness (QED) is 0.431. The predicted molar refractivity (Wildman–Crippen MR) is 122 cm³/mol. The molecule has 0 aliphatic heterocycles. The number of benzene rings is 3. The molecule has 0 aliphatic rings. The third-order valence-electron chi connectivity index (χ3n) is 4.83. The van der Waals surface area contributed by atoms with Crippen LogP contribution in [0.25, 0.3) is 31.9 Å². The molecule has 1 amide bonds. The number of halogens is 1. The van der Waals surface area contributed by atoms with Crippen molar-refractivity contribution >= 4 is 43.0 Å². The fourth-order valence-electron chi connectivity index (χ4n) is 3.25. The average molecular weight is 455 g/mol. The predicted octanol–water partition coefficient (Wildman–Crippen LogP) is 5.52. The van der Waals surface area contributed by atoms with Crippen molar-refractivity contribution in [1.82, 2.24) is 4.98 Å². The molecule has 0 saturated carbocycles. The van der Waals surface area contributed by atoms with E-state index < -0.39 is 9.84 Å². The summed E-state index contributed by atoms with van der Waals surface area (Å²) in [6.45, 7) is 3.03. The van der Waals surface area contributed by atoms with Crippen LogP contribution in [0.4, 0.5) is 10.1 Å². The molecular weight excluding hydrogens is 435 g/mol. The Kier molecular flexibility index (Phi) is 5.60. The van der Waals surface area contributed by atoms with Crippen LogP contribution in [0.5, 0.6) is 0 Å². The summed E-state index contributed by atoms with van der Waals surface area (Å²) >= 11 is 1.38. The first kappa shape index (κ1) is 21.1. The van der Waals surface area contributed by atoms with Crippen molar-refractivity contribution in [1.29, 1.82) is 0 Å². The van der Waals surface area contributed by atoms with Gasteiger partial charge in [0.25, 0.3) is 0 Å². The molecular formula is C23H19FN2O3S2. The number of carbonyl (C=O) groups excluding carboxylic acids is 1. The Hall–Kier alpha value is -3.10. The number of aromatic nitrogens is 1. The van der Waals surface area contributed by atoms with E-state index in [1.165, 1.54) is 30.4 Å². The van der Waals surface area contributed by atoms with Gasteiger partial charge in [-0.25, -0.2) is 17.8 Å². The van der Waals surface area contributed by atoms with Crippen molar-refractivity contribution in [2.24, 2.45) is 0 Å². The molecule has 1 N–H and O–H groups in total. The molecule has 4 rings (SSSR count). The van der Waals surface area contributed by atoms with Gasteiger partial charge in [0.1, 0.15) is 10.8 Å². The van der Waals surface area contributed by atoms with E-state index in [0.717, 1.165) is 26.4 Å². The number of hydrogen-bond donors (Lipinski definition) is 1. The number of fused-ring (bicyclic) bond motifs is 1. The van der Waals surface area contributed by atoms with E-state index in [-0.39, 0.29) is 22.4 Å². The topological polar surface area (TPSA) is 76.1 Å². The molecule has 0 aliphatic carbocycles. The lowest BCUT2D eigenvalue weighted by molar-refractivity contribution is -0.114. The summed E-state index contributed by atoms with van der Waals surface area (Å²) in [4.78, 5) is 16.5. The molecule has 0 spiro atoms. The van der Waals surface area contributed by atoms with Crippen LogP contribution >= 0.6 is 11.3 Å². The number of sulfone groups is 1. The minimum Gasteiger partial charge on any atom is -0.326 e. The van der Waals surface area contributed by atoms with Crippen molar-refractivity contribution in [3.63, 3.8) is 0 Å². The normalized spacial score (nSPS) is 11.6. The molecule has 4 aromatic rings. The van der Waals surface area contributed by atoms with Crippen LogP contribution in [0.3, 0.4) is 0 Å². The third kappa shape index (κ3) is 4.35. The van der Waals surface area contributed by atoms with Crippen LogP contribution in [0.1, 0.15) is 13.8 Å². The standard InChI is InChI=1S/C23H19FN2O3S2/c1-3-31(28,29)18-8-4-15(5-9-18)19-12-16(6-10-20(19)25-14(2)27)23-26-21-11-7-17(24)13-22(21)30-23/h4-13H,3H2,1-2H3,(H,25,27). The molecule has 0 atom stereocenters. The number of thiazole rings is 1. The Labute approximate surface area is 183 Å². The third-order valence-corrected chi connectivity index (χ3v) is 7.65. The fourth-order valence-corrected chi connectivity index (χ4v) is 5.12. The summed E-state index contributed by atoms with van der Waals surface area (Å²) in [5.74, 6) is -0.502. The summed E-state index contributed by atoms with van der Waals surface area (Å²) in [6, 6.07) is 16.6. The van der Waals surface area contributed by atoms with E-state index in [0.29, 0.717) is 11.2 Å². The maximum atomic E-state index is 13.5. The number of anilines is 1. The first-order valence-corrected chi connectivity index (χ1v) is 12.0. The summed E-state index contributed by atoms with van der Waals surface area (Å²) in [6.07, 6.45) is 0. The van der Waals surface area contributed by atoms with Gasteiger partial charge in [0.15, 0.2) is 9.84 Å². The second kappa shape index (κ2) is 8.20. The monoisotopic (exact) mass is 454 g/mol. The molecule has 0 radical (unpaired) electrons. The van der Waals surface area contributed by atoms with Crippen molar-refractivity contribution in [2.45, 2.75) is 18.7 Å². The maximum Gasteiger partial charge on any atom is 0.221 e. The van der Waals surface area contributed by atoms with Gasteiger partial charge in [-0.15, -0.1) is 11.3 Å². The van der Waals surface area contributed by atoms with Crippen LogP contribution in [-0.2, 0) is 14.6 Å². The van der Waals surface area contributed by atoms with Gasteiger partial charge < -0.3 is 5.32 Å². The molecule has 1 heterocycles. The minimum absolute atomic E-state index is 0.0250. The molecule has 8 heteroatoms. The minimum atomic E-state index is -3.30. The number of nitrogens with one attached hydrogen (secondary N) is 1. The molecule has 31 heavy (non-hydrogen) atoms. The highest BCUT2D eigenvalue weighted by atomic mass is 32.2. The van der Waals surface area contributed by atoms with Crippen LogP contribution in [0.15, 0.2) is 65.6 Å². The van der Waals surface area contributed by atoms with Crippen LogP contribution in [-0.4, -0.2) is 25.1 Å². The Morgan fingerprint density at radius 2 is 1.74 bits per heavy atom. The second-order valence-corrected chi connectivity index (χ2v) is 10.3. The number of nitrogens with zero attached hydrogens (tertiary/aromatic N) is 1. The zero-order valence-electron chi connectivity index (χ0n) is 16.8. The van der Waals surface area contributed by atoms with Gasteiger partial charge >= 0.3 is 0 Å². The Morgan fingerprint density at radius 3 is 2.42 bits per heavy atom. The van der Waals surface area contributed by atoms with Gasteiger partial charge in [-0.3, -0.25) is 4.79 Å². The van der Waals surface area contributed by atoms with Crippen molar-refractivity contribution in [3.8, 4) is 21.7 Å². The first-order valence-electron chi connectivity index (χ1n) is 9.58. The largest absolute Gasteiger partial charge is 0.326 e. The highest BCUT2D eigenvalue weighted by Crippen LogP contribution is 2.36. The average Bonchev–Trinajstić information content (AvgIpc) is 3.17. The number of rotatable bonds is 5. The fraction of sp³-hybridized carbons (Fsp3) is 0.130. The maximum absolute atomic E-state index is 13.5. The summed E-state index contributed by atoms with van der Waals surface area (Å²) in [5, 5.41) is 3.54. The smallest absolute Gasteiger partial charge is 0.221 e. The molecule has 0 saturated heterocycles. The van der Waals surface area contributed by atoms with E-state index in [4.69, 9.17) is 0 Å². The van der Waals surface area contributed by atoms with Crippen molar-refractivity contribution < 1.29 is 17.6 Å². The summed E-state index contributed by atoms with van der Waals surface area (Å²) in [5.41, 5.74) is 3.62. The highest BCUT2D eigenvalue weighted by Gasteiger charge is 2.15. The van der Waals surface area contributed by atoms with Gasteiger partial charge in [0, 0.05) is 23.7 Å². The highest BCUT2D eigenvalue weighted by molar-refractivity contribution is 7.91. The van der Waals surface area contributed by atoms with Crippen LogP contribution < -0.4 is 5.32 Å². The summed E-state index contributed by atoms with van der Waals surface area (Å²) in [7, 11) is -3.30. The zero-order valence-corrected chi connectivity index (χ0v) is 18.5. The molecule has 158 valence electrons. The van der Waals surface area contributed by atoms with Gasteiger partial charge in [-0.1, -0.05) is 19.1 Å². The Morgan fingerprint density at radius 1 is 1.03 bits per heavy atom. The molecule has 0 bridgehead atoms. The second-order valence-electron chi connectivity index (χ2n) is 7.00. The lowest BCUT2D eigenvalue weighted by atomic mass is 10.0. The lowest BCUT2D eigenvalue weighted by Gasteiger charge is -2.12. The SMILES string of the molecule is CCS(=O)(=O)c1ccc(-c2cc(-c3nc4ccc(F)cc4s3)ccc2NC(C)=O)cc1. The number of hydrogen-bond acceptors (Lipinski definition) is 5. The molecule has 3 aromatic carbocycles. The van der Waals surface area contributed by atoms with E-state index in [1.807, 2.05) is 12.1 Å². The van der Waals surface area contributed by atoms with Crippen LogP contribution in [0, 0.1) is 5.82 Å². The Balaban J connectivity index is 1.82. The van der Waals surface area contributed by atoms with Gasteiger partial charge in [-0.2, -0.15) is 0 Å². The van der Waals surface area contributed by atoms with E-state index in [1.54, 1.807) is 43.3 Å². The summed E-state index contributed by atoms with van der Waals surface area (Å²) < 4.78 is 38.5. The van der Waals surface area contributed by atoms with E-state index >= 15 is 0 Å². The lowest BCUT2D eigenvalue weighted by Crippen LogP contribution is -2.07. The van der Waals surface area contributed by atoms with Crippen molar-refractivity contribution in [2.75, 3.05) is 11.1 Å². The molecule has 0 fully saturated rings. The molecule has 1 aromatic heterocycles. The first-order chi connectivity index (χ1) is 14.8. The van der Waals surface area contributed by atoms with Crippen molar-refractivity contribution in [3.05, 3.63) is 66.5 Å². The van der Waals surface area contributed by atoms with Gasteiger partial charge in [0.2, 0.25) is 5.91 Å². The Bertz CT molecular complexity index is 1390. The van der Waals surface area contributed by atoms with E-state index in [9.17, 15) is 17.6 Å². The molecule has 5 nitrogen and oxygen atoms in total. The zero-order chi connectivity index (χ0) is 22.2. The number of carbonyl (C=O) groups is 1.